The van der Waals surface area contributed by atoms with E-state index >= 15 is 0 Å². The van der Waals surface area contributed by atoms with Crippen molar-refractivity contribution in [1.82, 2.24) is 9.97 Å². The molecule has 1 aromatic heterocycles. The van der Waals surface area contributed by atoms with E-state index in [2.05, 4.69) is 14.9 Å². The summed E-state index contributed by atoms with van der Waals surface area (Å²) in [6.07, 6.45) is 5.69. The van der Waals surface area contributed by atoms with Gasteiger partial charge in [0.1, 0.15) is 6.33 Å². The molecule has 2 fully saturated rings. The molecule has 0 aromatic carbocycles. The lowest BCUT2D eigenvalue weighted by molar-refractivity contribution is -0.0359. The summed E-state index contributed by atoms with van der Waals surface area (Å²) in [5, 5.41) is 0. The number of anilines is 1. The minimum atomic E-state index is -0.250. The number of aromatic nitrogens is 2. The molecular formula is C14H20FN3O. The zero-order chi connectivity index (χ0) is 13.2. The van der Waals surface area contributed by atoms with E-state index in [4.69, 9.17) is 4.74 Å². The molecule has 0 aliphatic carbocycles. The zero-order valence-electron chi connectivity index (χ0n) is 11.3. The van der Waals surface area contributed by atoms with Gasteiger partial charge in [0.25, 0.3) is 0 Å². The van der Waals surface area contributed by atoms with Crippen LogP contribution in [-0.2, 0) is 11.2 Å². The van der Waals surface area contributed by atoms with Gasteiger partial charge in [-0.1, -0.05) is 6.92 Å². The maximum Gasteiger partial charge on any atom is 0.187 e. The van der Waals surface area contributed by atoms with Crippen LogP contribution in [0.15, 0.2) is 6.33 Å². The van der Waals surface area contributed by atoms with Gasteiger partial charge in [-0.25, -0.2) is 14.4 Å². The summed E-state index contributed by atoms with van der Waals surface area (Å²) in [4.78, 5) is 10.2. The van der Waals surface area contributed by atoms with Crippen molar-refractivity contribution >= 4 is 5.82 Å². The third-order valence-electron chi connectivity index (χ3n) is 4.19. The first-order chi connectivity index (χ1) is 9.29. The first-order valence-electron chi connectivity index (χ1n) is 7.15. The SMILES string of the molecule is CCc1ncnc(N2CCC3OCCCC3C2)c1F. The number of nitrogens with zero attached hydrogens (tertiary/aromatic N) is 3. The molecule has 0 N–H and O–H groups in total. The third kappa shape index (κ3) is 2.43. The van der Waals surface area contributed by atoms with Crippen molar-refractivity contribution < 1.29 is 9.13 Å². The number of ether oxygens (including phenoxy) is 1. The second-order valence-corrected chi connectivity index (χ2v) is 5.36. The first kappa shape index (κ1) is 12.8. The van der Waals surface area contributed by atoms with Crippen molar-refractivity contribution in [2.45, 2.75) is 38.7 Å². The summed E-state index contributed by atoms with van der Waals surface area (Å²) in [5.74, 6) is 0.734. The molecule has 0 bridgehead atoms. The van der Waals surface area contributed by atoms with E-state index in [0.717, 1.165) is 32.5 Å². The van der Waals surface area contributed by atoms with Crippen LogP contribution in [0.1, 0.15) is 31.9 Å². The van der Waals surface area contributed by atoms with Crippen LogP contribution >= 0.6 is 0 Å². The highest BCUT2D eigenvalue weighted by molar-refractivity contribution is 5.41. The van der Waals surface area contributed by atoms with E-state index in [9.17, 15) is 4.39 Å². The van der Waals surface area contributed by atoms with Gasteiger partial charge >= 0.3 is 0 Å². The van der Waals surface area contributed by atoms with Gasteiger partial charge in [0.2, 0.25) is 0 Å². The molecule has 104 valence electrons. The van der Waals surface area contributed by atoms with Crippen LogP contribution in [0, 0.1) is 11.7 Å². The smallest absolute Gasteiger partial charge is 0.187 e. The molecule has 3 heterocycles. The van der Waals surface area contributed by atoms with Crippen molar-refractivity contribution in [2.75, 3.05) is 24.6 Å². The van der Waals surface area contributed by atoms with Crippen molar-refractivity contribution in [2.24, 2.45) is 5.92 Å². The minimum Gasteiger partial charge on any atom is -0.378 e. The monoisotopic (exact) mass is 265 g/mol. The molecule has 2 aliphatic heterocycles. The fourth-order valence-corrected chi connectivity index (χ4v) is 3.14. The molecule has 0 spiro atoms. The molecule has 0 amide bonds. The van der Waals surface area contributed by atoms with E-state index in [1.165, 1.54) is 12.7 Å². The predicted octanol–water partition coefficient (Wildman–Crippen LogP) is 2.18. The topological polar surface area (TPSA) is 38.2 Å². The molecule has 0 saturated carbocycles. The summed E-state index contributed by atoms with van der Waals surface area (Å²) >= 11 is 0. The Hall–Kier alpha value is -1.23. The lowest BCUT2D eigenvalue weighted by Gasteiger charge is -2.41. The molecule has 5 heteroatoms. The summed E-state index contributed by atoms with van der Waals surface area (Å²) < 4.78 is 20.1. The highest BCUT2D eigenvalue weighted by atomic mass is 19.1. The Morgan fingerprint density at radius 2 is 2.32 bits per heavy atom. The fourth-order valence-electron chi connectivity index (χ4n) is 3.14. The van der Waals surface area contributed by atoms with Crippen LogP contribution in [0.5, 0.6) is 0 Å². The van der Waals surface area contributed by atoms with Crippen molar-refractivity contribution in [1.29, 1.82) is 0 Å². The van der Waals surface area contributed by atoms with Crippen molar-refractivity contribution in [3.63, 3.8) is 0 Å². The molecule has 4 nitrogen and oxygen atoms in total. The van der Waals surface area contributed by atoms with Gasteiger partial charge in [-0.05, 0) is 25.7 Å². The van der Waals surface area contributed by atoms with Crippen LogP contribution in [0.3, 0.4) is 0 Å². The van der Waals surface area contributed by atoms with Crippen LogP contribution in [0.2, 0.25) is 0 Å². The molecule has 2 aliphatic rings. The van der Waals surface area contributed by atoms with Gasteiger partial charge in [0.15, 0.2) is 11.6 Å². The van der Waals surface area contributed by atoms with Crippen LogP contribution in [0.4, 0.5) is 10.2 Å². The summed E-state index contributed by atoms with van der Waals surface area (Å²) in [6.45, 7) is 4.46. The van der Waals surface area contributed by atoms with Gasteiger partial charge in [-0.3, -0.25) is 0 Å². The molecule has 2 atom stereocenters. The molecule has 0 radical (unpaired) electrons. The van der Waals surface area contributed by atoms with Crippen molar-refractivity contribution in [3.05, 3.63) is 17.8 Å². The lowest BCUT2D eigenvalue weighted by Crippen LogP contribution is -2.47. The number of fused-ring (bicyclic) bond motifs is 1. The second-order valence-electron chi connectivity index (χ2n) is 5.36. The number of halogens is 1. The summed E-state index contributed by atoms with van der Waals surface area (Å²) in [6, 6.07) is 0. The quantitative estimate of drug-likeness (QED) is 0.821. The third-order valence-corrected chi connectivity index (χ3v) is 4.19. The molecule has 1 aromatic rings. The Kier molecular flexibility index (Phi) is 3.64. The van der Waals surface area contributed by atoms with E-state index < -0.39 is 0 Å². The Morgan fingerprint density at radius 3 is 3.16 bits per heavy atom. The summed E-state index contributed by atoms with van der Waals surface area (Å²) in [5.41, 5.74) is 0.506. The minimum absolute atomic E-state index is 0.250. The number of piperidine rings is 1. The van der Waals surface area contributed by atoms with Crippen LogP contribution in [0.25, 0.3) is 0 Å². The Labute approximate surface area is 113 Å². The average molecular weight is 265 g/mol. The van der Waals surface area contributed by atoms with E-state index in [1.54, 1.807) is 0 Å². The van der Waals surface area contributed by atoms with E-state index in [0.29, 0.717) is 30.0 Å². The lowest BCUT2D eigenvalue weighted by atomic mass is 9.88. The molecule has 2 saturated heterocycles. The Bertz CT molecular complexity index is 454. The molecule has 2 unspecified atom stereocenters. The maximum absolute atomic E-state index is 14.3. The Morgan fingerprint density at radius 1 is 1.42 bits per heavy atom. The maximum atomic E-state index is 14.3. The predicted molar refractivity (Wildman–Crippen MR) is 70.7 cm³/mol. The van der Waals surface area contributed by atoms with Crippen LogP contribution < -0.4 is 4.90 Å². The number of aryl methyl sites for hydroxylation is 1. The number of rotatable bonds is 2. The van der Waals surface area contributed by atoms with Gasteiger partial charge in [0, 0.05) is 25.6 Å². The van der Waals surface area contributed by atoms with Crippen molar-refractivity contribution in [3.8, 4) is 0 Å². The van der Waals surface area contributed by atoms with Crippen LogP contribution in [-0.4, -0.2) is 35.8 Å². The van der Waals surface area contributed by atoms with Gasteiger partial charge in [-0.15, -0.1) is 0 Å². The average Bonchev–Trinajstić information content (AvgIpc) is 2.47. The Balaban J connectivity index is 1.79. The van der Waals surface area contributed by atoms with E-state index in [-0.39, 0.29) is 5.82 Å². The molecule has 3 rings (SSSR count). The number of hydrogen-bond donors (Lipinski definition) is 0. The zero-order valence-corrected chi connectivity index (χ0v) is 11.3. The first-order valence-corrected chi connectivity index (χ1v) is 7.15. The standard InChI is InChI=1S/C14H20FN3O/c1-2-11-13(15)14(17-9-16-11)18-6-5-12-10(8-18)4-3-7-19-12/h9-10,12H,2-8H2,1H3. The number of hydrogen-bond acceptors (Lipinski definition) is 4. The molecule has 19 heavy (non-hydrogen) atoms. The largest absolute Gasteiger partial charge is 0.378 e. The highest BCUT2D eigenvalue weighted by Crippen LogP contribution is 2.31. The highest BCUT2D eigenvalue weighted by Gasteiger charge is 2.33. The van der Waals surface area contributed by atoms with Gasteiger partial charge in [0.05, 0.1) is 11.8 Å². The van der Waals surface area contributed by atoms with Gasteiger partial charge in [-0.2, -0.15) is 0 Å². The molecular weight excluding hydrogens is 245 g/mol. The van der Waals surface area contributed by atoms with Gasteiger partial charge < -0.3 is 9.64 Å². The second kappa shape index (κ2) is 5.41. The normalized spacial score (nSPS) is 27.2. The fraction of sp³-hybridized carbons (Fsp3) is 0.714. The summed E-state index contributed by atoms with van der Waals surface area (Å²) in [7, 11) is 0. The van der Waals surface area contributed by atoms with E-state index in [1.807, 2.05) is 6.92 Å².